The highest BCUT2D eigenvalue weighted by atomic mass is 16.8. The summed E-state index contributed by atoms with van der Waals surface area (Å²) in [6.45, 7) is 0.994. The highest BCUT2D eigenvalue weighted by Crippen LogP contribution is 2.20. The van der Waals surface area contributed by atoms with Crippen molar-refractivity contribution in [3.05, 3.63) is 64.7 Å². The molecule has 8 heteroatoms. The predicted octanol–water partition coefficient (Wildman–Crippen LogP) is 2.11. The summed E-state index contributed by atoms with van der Waals surface area (Å²) in [6, 6.07) is 14.1. The first-order valence-corrected chi connectivity index (χ1v) is 9.29. The minimum Gasteiger partial charge on any atom is -0.268 e. The Kier molecular flexibility index (Phi) is 5.10. The number of hydrazine groups is 1. The van der Waals surface area contributed by atoms with E-state index < -0.39 is 0 Å². The molecule has 8 nitrogen and oxygen atoms in total. The van der Waals surface area contributed by atoms with Gasteiger partial charge < -0.3 is 0 Å². The zero-order chi connectivity index (χ0) is 19.7. The molecule has 146 valence electrons. The van der Waals surface area contributed by atoms with E-state index in [0.29, 0.717) is 34.9 Å². The average molecular weight is 381 g/mol. The van der Waals surface area contributed by atoms with Crippen LogP contribution in [0, 0.1) is 0 Å². The van der Waals surface area contributed by atoms with E-state index >= 15 is 0 Å². The van der Waals surface area contributed by atoms with Crippen LogP contribution >= 0.6 is 0 Å². The summed E-state index contributed by atoms with van der Waals surface area (Å²) in [5.74, 6) is 0.652. The van der Waals surface area contributed by atoms with Crippen molar-refractivity contribution in [3.63, 3.8) is 0 Å². The van der Waals surface area contributed by atoms with E-state index in [1.807, 2.05) is 25.2 Å². The van der Waals surface area contributed by atoms with Gasteiger partial charge in [0.05, 0.1) is 22.3 Å². The zero-order valence-corrected chi connectivity index (χ0v) is 15.6. The lowest BCUT2D eigenvalue weighted by Gasteiger charge is -2.17. The van der Waals surface area contributed by atoms with Gasteiger partial charge in [-0.25, -0.2) is 9.99 Å². The molecule has 1 fully saturated rings. The van der Waals surface area contributed by atoms with Crippen LogP contribution in [0.3, 0.4) is 0 Å². The minimum atomic E-state index is -0.170. The van der Waals surface area contributed by atoms with Crippen molar-refractivity contribution in [3.8, 4) is 5.69 Å². The maximum absolute atomic E-state index is 13.2. The minimum absolute atomic E-state index is 0.0426. The van der Waals surface area contributed by atoms with Gasteiger partial charge in [0, 0.05) is 26.1 Å². The Morgan fingerprint density at radius 1 is 1.21 bits per heavy atom. The maximum Gasteiger partial charge on any atom is 0.265 e. The fourth-order valence-corrected chi connectivity index (χ4v) is 3.67. The molecule has 1 aliphatic heterocycles. The SMILES string of the molecule is CN1CCC(CCc2nc3ccccc3c(=O)n2-c2cccc(N(O)O)c2)N1. The number of rotatable bonds is 5. The molecule has 4 rings (SSSR count). The van der Waals surface area contributed by atoms with Crippen molar-refractivity contribution >= 4 is 16.6 Å². The highest BCUT2D eigenvalue weighted by Gasteiger charge is 2.20. The number of aromatic nitrogens is 2. The number of hydrogen-bond donors (Lipinski definition) is 3. The number of nitrogens with zero attached hydrogens (tertiary/aromatic N) is 4. The fraction of sp³-hybridized carbons (Fsp3) is 0.300. The first-order chi connectivity index (χ1) is 13.5. The number of benzene rings is 2. The monoisotopic (exact) mass is 381 g/mol. The highest BCUT2D eigenvalue weighted by molar-refractivity contribution is 5.77. The molecule has 0 spiro atoms. The van der Waals surface area contributed by atoms with Crippen molar-refractivity contribution in [2.45, 2.75) is 25.3 Å². The maximum atomic E-state index is 13.2. The van der Waals surface area contributed by atoms with Gasteiger partial charge in [-0.05, 0) is 43.2 Å². The molecule has 1 saturated heterocycles. The molecular formula is C20H23N5O3. The second-order valence-electron chi connectivity index (χ2n) is 7.07. The number of hydrogen-bond acceptors (Lipinski definition) is 7. The Balaban J connectivity index is 1.79. The Morgan fingerprint density at radius 3 is 2.79 bits per heavy atom. The first kappa shape index (κ1) is 18.6. The molecule has 2 aromatic carbocycles. The molecule has 28 heavy (non-hydrogen) atoms. The van der Waals surface area contributed by atoms with Crippen LogP contribution in [-0.4, -0.2) is 44.6 Å². The third-order valence-corrected chi connectivity index (χ3v) is 5.10. The van der Waals surface area contributed by atoms with Crippen LogP contribution in [0.4, 0.5) is 5.69 Å². The molecule has 1 aliphatic rings. The number of anilines is 1. The van der Waals surface area contributed by atoms with Gasteiger partial charge in [-0.15, -0.1) is 5.23 Å². The molecule has 3 aromatic rings. The second kappa shape index (κ2) is 7.69. The van der Waals surface area contributed by atoms with Gasteiger partial charge in [-0.2, -0.15) is 0 Å². The number of aryl methyl sites for hydroxylation is 1. The summed E-state index contributed by atoms with van der Waals surface area (Å²) in [5, 5.41) is 21.3. The van der Waals surface area contributed by atoms with Crippen LogP contribution in [0.1, 0.15) is 18.7 Å². The van der Waals surface area contributed by atoms with Crippen LogP contribution in [0.25, 0.3) is 16.6 Å². The van der Waals surface area contributed by atoms with Crippen LogP contribution < -0.4 is 16.2 Å². The lowest BCUT2D eigenvalue weighted by Crippen LogP contribution is -2.33. The molecular weight excluding hydrogens is 358 g/mol. The first-order valence-electron chi connectivity index (χ1n) is 9.29. The van der Waals surface area contributed by atoms with Gasteiger partial charge in [-0.3, -0.25) is 25.2 Å². The average Bonchev–Trinajstić information content (AvgIpc) is 3.12. The second-order valence-corrected chi connectivity index (χ2v) is 7.07. The van der Waals surface area contributed by atoms with E-state index in [-0.39, 0.29) is 16.5 Å². The van der Waals surface area contributed by atoms with Gasteiger partial charge in [0.25, 0.3) is 5.56 Å². The van der Waals surface area contributed by atoms with Crippen molar-refractivity contribution in [1.82, 2.24) is 20.0 Å². The lowest BCUT2D eigenvalue weighted by atomic mass is 10.1. The van der Waals surface area contributed by atoms with Crippen molar-refractivity contribution in [2.75, 3.05) is 18.8 Å². The van der Waals surface area contributed by atoms with Crippen LogP contribution in [-0.2, 0) is 6.42 Å². The predicted molar refractivity (Wildman–Crippen MR) is 106 cm³/mol. The summed E-state index contributed by atoms with van der Waals surface area (Å²) in [6.07, 6.45) is 2.52. The van der Waals surface area contributed by atoms with E-state index in [0.717, 1.165) is 19.4 Å². The summed E-state index contributed by atoms with van der Waals surface area (Å²) in [5.41, 5.74) is 4.61. The van der Waals surface area contributed by atoms with E-state index in [4.69, 9.17) is 4.98 Å². The molecule has 0 saturated carbocycles. The molecule has 3 N–H and O–H groups in total. The standard InChI is InChI=1S/C20H23N5O3/c1-23-12-11-14(22-23)9-10-19-21-18-8-3-2-7-17(18)20(26)24(19)15-5-4-6-16(13-15)25(27)28/h2-8,13-14,22,27-28H,9-12H2,1H3. The van der Waals surface area contributed by atoms with Gasteiger partial charge in [0.2, 0.25) is 0 Å². The quantitative estimate of drug-likeness (QED) is 0.583. The Morgan fingerprint density at radius 2 is 2.04 bits per heavy atom. The van der Waals surface area contributed by atoms with Crippen molar-refractivity contribution in [2.24, 2.45) is 0 Å². The third kappa shape index (κ3) is 3.63. The van der Waals surface area contributed by atoms with Crippen LogP contribution in [0.5, 0.6) is 0 Å². The molecule has 1 aromatic heterocycles. The summed E-state index contributed by atoms with van der Waals surface area (Å²) < 4.78 is 1.56. The smallest absolute Gasteiger partial charge is 0.265 e. The van der Waals surface area contributed by atoms with Gasteiger partial charge in [0.15, 0.2) is 0 Å². The van der Waals surface area contributed by atoms with Crippen molar-refractivity contribution in [1.29, 1.82) is 0 Å². The number of nitrogens with one attached hydrogen (secondary N) is 1. The van der Waals surface area contributed by atoms with E-state index in [1.54, 1.807) is 34.9 Å². The molecule has 0 amide bonds. The molecule has 0 radical (unpaired) electrons. The summed E-state index contributed by atoms with van der Waals surface area (Å²) in [7, 11) is 2.02. The number of para-hydroxylation sites is 1. The summed E-state index contributed by atoms with van der Waals surface area (Å²) >= 11 is 0. The molecule has 0 aliphatic carbocycles. The normalized spacial score (nSPS) is 17.3. The van der Waals surface area contributed by atoms with Gasteiger partial charge >= 0.3 is 0 Å². The third-order valence-electron chi connectivity index (χ3n) is 5.10. The molecule has 1 unspecified atom stereocenters. The number of fused-ring (bicyclic) bond motifs is 1. The fourth-order valence-electron chi connectivity index (χ4n) is 3.67. The van der Waals surface area contributed by atoms with Crippen molar-refractivity contribution < 1.29 is 10.4 Å². The summed E-state index contributed by atoms with van der Waals surface area (Å²) in [4.78, 5) is 18.0. The largest absolute Gasteiger partial charge is 0.268 e. The zero-order valence-electron chi connectivity index (χ0n) is 15.6. The van der Waals surface area contributed by atoms with E-state index in [2.05, 4.69) is 10.4 Å². The molecule has 2 heterocycles. The van der Waals surface area contributed by atoms with Gasteiger partial charge in [0.1, 0.15) is 5.82 Å². The Labute approximate surface area is 162 Å². The van der Waals surface area contributed by atoms with E-state index in [1.165, 1.54) is 0 Å². The molecule has 1 atom stereocenters. The molecule has 0 bridgehead atoms. The Bertz CT molecular complexity index is 1050. The Hall–Kier alpha value is -2.78. The van der Waals surface area contributed by atoms with Crippen LogP contribution in [0.2, 0.25) is 0 Å². The van der Waals surface area contributed by atoms with E-state index in [9.17, 15) is 15.2 Å². The topological polar surface area (TPSA) is 93.9 Å². The lowest BCUT2D eigenvalue weighted by molar-refractivity contribution is 0.0291. The van der Waals surface area contributed by atoms with Crippen LogP contribution in [0.15, 0.2) is 53.3 Å². The van der Waals surface area contributed by atoms with Gasteiger partial charge in [-0.1, -0.05) is 18.2 Å².